The number of hydrogen-bond acceptors (Lipinski definition) is 6. The van der Waals surface area contributed by atoms with Crippen LogP contribution >= 0.6 is 11.6 Å². The summed E-state index contributed by atoms with van der Waals surface area (Å²) in [7, 11) is 2.80. The molecule has 0 atom stereocenters. The van der Waals surface area contributed by atoms with Crippen molar-refractivity contribution in [1.29, 1.82) is 0 Å². The Labute approximate surface area is 199 Å². The quantitative estimate of drug-likeness (QED) is 0.544. The van der Waals surface area contributed by atoms with Crippen LogP contribution in [0.1, 0.15) is 12.8 Å². The van der Waals surface area contributed by atoms with E-state index in [1.807, 2.05) is 28.9 Å². The topological polar surface area (TPSA) is 88.4 Å². The molecule has 11 heteroatoms. The lowest BCUT2D eigenvalue weighted by atomic mass is 10.1. The Morgan fingerprint density at radius 2 is 1.82 bits per heavy atom. The highest BCUT2D eigenvalue weighted by molar-refractivity contribution is 7.87. The molecular weight excluding hydrogens is 466 g/mol. The Morgan fingerprint density at radius 3 is 2.45 bits per heavy atom. The van der Waals surface area contributed by atoms with E-state index in [9.17, 15) is 8.42 Å². The summed E-state index contributed by atoms with van der Waals surface area (Å²) in [5, 5.41) is 0.485. The van der Waals surface area contributed by atoms with Crippen molar-refractivity contribution >= 4 is 33.1 Å². The Kier molecular flexibility index (Phi) is 6.71. The number of rotatable bonds is 7. The van der Waals surface area contributed by atoms with E-state index in [-0.39, 0.29) is 6.04 Å². The molecule has 0 unspecified atom stereocenters. The average Bonchev–Trinajstić information content (AvgIpc) is 3.22. The van der Waals surface area contributed by atoms with Gasteiger partial charge in [0, 0.05) is 69.0 Å². The summed E-state index contributed by atoms with van der Waals surface area (Å²) < 4.78 is 40.9. The molecule has 0 radical (unpaired) electrons. The standard InChI is InChI=1S/C22H28ClN5O4S/c1-26(2)33(29,30)25-15-5-8-27(9-6-15)16-7-10-28-14-19(24-22(28)11-16)17-12-18(23)21(32-4)13-20(17)31-3/h7,10-15,25H,5-6,8-9H2,1-4H3. The summed E-state index contributed by atoms with van der Waals surface area (Å²) in [5.74, 6) is 1.17. The predicted octanol–water partition coefficient (Wildman–Crippen LogP) is 3.04. The molecule has 178 valence electrons. The van der Waals surface area contributed by atoms with E-state index in [1.54, 1.807) is 26.4 Å². The first-order valence-electron chi connectivity index (χ1n) is 10.6. The molecule has 2 aromatic heterocycles. The highest BCUT2D eigenvalue weighted by Crippen LogP contribution is 2.38. The number of halogens is 1. The van der Waals surface area contributed by atoms with Crippen LogP contribution in [0.2, 0.25) is 5.02 Å². The van der Waals surface area contributed by atoms with Gasteiger partial charge in [-0.2, -0.15) is 17.4 Å². The van der Waals surface area contributed by atoms with Crippen molar-refractivity contribution in [3.8, 4) is 22.8 Å². The lowest BCUT2D eigenvalue weighted by Crippen LogP contribution is -2.47. The average molecular weight is 494 g/mol. The number of anilines is 1. The molecular formula is C22H28ClN5O4S. The second kappa shape index (κ2) is 9.38. The third-order valence-corrected chi connectivity index (χ3v) is 7.74. The number of hydrogen-bond donors (Lipinski definition) is 1. The van der Waals surface area contributed by atoms with E-state index in [4.69, 9.17) is 26.1 Å². The van der Waals surface area contributed by atoms with Crippen molar-refractivity contribution in [3.63, 3.8) is 0 Å². The van der Waals surface area contributed by atoms with Gasteiger partial charge in [0.15, 0.2) is 0 Å². The largest absolute Gasteiger partial charge is 0.496 e. The summed E-state index contributed by atoms with van der Waals surface area (Å²) >= 11 is 6.34. The lowest BCUT2D eigenvalue weighted by Gasteiger charge is -2.34. The third kappa shape index (κ3) is 4.89. The lowest BCUT2D eigenvalue weighted by molar-refractivity contribution is 0.395. The van der Waals surface area contributed by atoms with E-state index in [0.29, 0.717) is 16.5 Å². The molecule has 4 rings (SSSR count). The highest BCUT2D eigenvalue weighted by atomic mass is 35.5. The van der Waals surface area contributed by atoms with Crippen LogP contribution in [0.3, 0.4) is 0 Å². The minimum absolute atomic E-state index is 0.0669. The first-order chi connectivity index (χ1) is 15.7. The SMILES string of the molecule is COc1cc(OC)c(-c2cn3ccc(N4CCC(NS(=O)(=O)N(C)C)CC4)cc3n2)cc1Cl. The fourth-order valence-corrected chi connectivity index (χ4v) is 5.04. The van der Waals surface area contributed by atoms with Crippen LogP contribution in [0, 0.1) is 0 Å². The summed E-state index contributed by atoms with van der Waals surface area (Å²) in [4.78, 5) is 7.04. The summed E-state index contributed by atoms with van der Waals surface area (Å²) in [5.41, 5.74) is 3.37. The monoisotopic (exact) mass is 493 g/mol. The molecule has 0 saturated carbocycles. The van der Waals surface area contributed by atoms with Crippen molar-refractivity contribution in [3.05, 3.63) is 41.7 Å². The maximum Gasteiger partial charge on any atom is 0.279 e. The second-order valence-electron chi connectivity index (χ2n) is 8.13. The number of nitrogens with one attached hydrogen (secondary N) is 1. The molecule has 0 spiro atoms. The maximum atomic E-state index is 12.1. The van der Waals surface area contributed by atoms with Crippen LogP contribution in [0.15, 0.2) is 36.7 Å². The van der Waals surface area contributed by atoms with Gasteiger partial charge in [0.1, 0.15) is 17.1 Å². The van der Waals surface area contributed by atoms with Crippen LogP contribution in [-0.2, 0) is 10.2 Å². The first kappa shape index (κ1) is 23.6. The Morgan fingerprint density at radius 1 is 1.12 bits per heavy atom. The van der Waals surface area contributed by atoms with Crippen LogP contribution in [0.4, 0.5) is 5.69 Å². The van der Waals surface area contributed by atoms with Gasteiger partial charge in [0.2, 0.25) is 0 Å². The van der Waals surface area contributed by atoms with Gasteiger partial charge in [-0.05, 0) is 25.0 Å². The molecule has 1 fully saturated rings. The number of ether oxygens (including phenoxy) is 2. The summed E-state index contributed by atoms with van der Waals surface area (Å²) in [6.45, 7) is 1.51. The zero-order valence-electron chi connectivity index (χ0n) is 19.1. The number of nitrogens with zero attached hydrogens (tertiary/aromatic N) is 4. The number of imidazole rings is 1. The zero-order valence-corrected chi connectivity index (χ0v) is 20.7. The Hall–Kier alpha value is -2.53. The van der Waals surface area contributed by atoms with Crippen molar-refractivity contribution in [2.75, 3.05) is 46.3 Å². The molecule has 3 heterocycles. The van der Waals surface area contributed by atoms with Gasteiger partial charge in [-0.1, -0.05) is 11.6 Å². The second-order valence-corrected chi connectivity index (χ2v) is 10.5. The van der Waals surface area contributed by atoms with Crippen molar-refractivity contribution in [2.24, 2.45) is 0 Å². The molecule has 3 aromatic rings. The van der Waals surface area contributed by atoms with E-state index >= 15 is 0 Å². The van der Waals surface area contributed by atoms with Gasteiger partial charge < -0.3 is 18.8 Å². The van der Waals surface area contributed by atoms with Gasteiger partial charge in [0.25, 0.3) is 10.2 Å². The molecule has 1 saturated heterocycles. The fraction of sp³-hybridized carbons (Fsp3) is 0.409. The minimum Gasteiger partial charge on any atom is -0.496 e. The van der Waals surface area contributed by atoms with E-state index < -0.39 is 10.2 Å². The molecule has 0 bridgehead atoms. The van der Waals surface area contributed by atoms with Gasteiger partial charge in [-0.25, -0.2) is 4.98 Å². The zero-order chi connectivity index (χ0) is 23.8. The smallest absolute Gasteiger partial charge is 0.279 e. The molecule has 0 aliphatic carbocycles. The number of pyridine rings is 1. The van der Waals surface area contributed by atoms with Gasteiger partial charge >= 0.3 is 0 Å². The number of methoxy groups -OCH3 is 2. The summed E-state index contributed by atoms with van der Waals surface area (Å²) in [6.07, 6.45) is 5.38. The van der Waals surface area contributed by atoms with Crippen LogP contribution in [-0.4, -0.2) is 69.6 Å². The van der Waals surface area contributed by atoms with Gasteiger partial charge in [-0.3, -0.25) is 0 Å². The molecule has 9 nitrogen and oxygen atoms in total. The van der Waals surface area contributed by atoms with Gasteiger partial charge in [0.05, 0.1) is 24.9 Å². The molecule has 1 aliphatic heterocycles. The van der Waals surface area contributed by atoms with Crippen LogP contribution < -0.4 is 19.1 Å². The van der Waals surface area contributed by atoms with E-state index in [0.717, 1.165) is 48.5 Å². The molecule has 0 amide bonds. The normalized spacial score (nSPS) is 15.4. The van der Waals surface area contributed by atoms with E-state index in [1.165, 1.54) is 18.4 Å². The van der Waals surface area contributed by atoms with Crippen LogP contribution in [0.25, 0.3) is 16.9 Å². The summed E-state index contributed by atoms with van der Waals surface area (Å²) in [6, 6.07) is 7.55. The van der Waals surface area contributed by atoms with Crippen molar-refractivity contribution in [1.82, 2.24) is 18.4 Å². The number of fused-ring (bicyclic) bond motifs is 1. The number of aromatic nitrogens is 2. The fourth-order valence-electron chi connectivity index (χ4n) is 3.93. The highest BCUT2D eigenvalue weighted by Gasteiger charge is 2.25. The predicted molar refractivity (Wildman–Crippen MR) is 130 cm³/mol. The van der Waals surface area contributed by atoms with Crippen molar-refractivity contribution in [2.45, 2.75) is 18.9 Å². The molecule has 33 heavy (non-hydrogen) atoms. The van der Waals surface area contributed by atoms with E-state index in [2.05, 4.69) is 9.62 Å². The number of benzene rings is 1. The maximum absolute atomic E-state index is 12.1. The third-order valence-electron chi connectivity index (χ3n) is 5.85. The Bertz CT molecular complexity index is 1250. The molecule has 1 aliphatic rings. The Balaban J connectivity index is 1.54. The molecule has 1 N–H and O–H groups in total. The minimum atomic E-state index is -3.42. The number of piperidine rings is 1. The first-order valence-corrected chi connectivity index (χ1v) is 12.4. The van der Waals surface area contributed by atoms with Crippen molar-refractivity contribution < 1.29 is 17.9 Å². The van der Waals surface area contributed by atoms with Gasteiger partial charge in [-0.15, -0.1) is 0 Å². The van der Waals surface area contributed by atoms with Crippen LogP contribution in [0.5, 0.6) is 11.5 Å². The molecule has 1 aromatic carbocycles.